The SMILES string of the molecule is CCC(c1ccc(F)cc1)N(C)C(=O)Cn1cccc(C(=O)NC2CCCC2)c1=O. The van der Waals surface area contributed by atoms with E-state index in [0.29, 0.717) is 6.42 Å². The van der Waals surface area contributed by atoms with Gasteiger partial charge in [-0.15, -0.1) is 0 Å². The summed E-state index contributed by atoms with van der Waals surface area (Å²) in [5.74, 6) is -0.983. The molecule has 1 fully saturated rings. The van der Waals surface area contributed by atoms with Crippen LogP contribution in [0, 0.1) is 5.82 Å². The van der Waals surface area contributed by atoms with Gasteiger partial charge in [0.2, 0.25) is 5.91 Å². The first-order valence-electron chi connectivity index (χ1n) is 10.4. The third-order valence-electron chi connectivity index (χ3n) is 5.76. The Morgan fingerprint density at radius 3 is 2.50 bits per heavy atom. The second-order valence-electron chi connectivity index (χ2n) is 7.79. The second-order valence-corrected chi connectivity index (χ2v) is 7.79. The molecule has 30 heavy (non-hydrogen) atoms. The minimum atomic E-state index is -0.482. The third kappa shape index (κ3) is 4.96. The number of halogens is 1. The lowest BCUT2D eigenvalue weighted by Crippen LogP contribution is -2.40. The number of rotatable bonds is 7. The molecule has 1 unspecified atom stereocenters. The highest BCUT2D eigenvalue weighted by atomic mass is 19.1. The van der Waals surface area contributed by atoms with Crippen LogP contribution in [-0.4, -0.2) is 34.4 Å². The van der Waals surface area contributed by atoms with Gasteiger partial charge in [-0.1, -0.05) is 31.9 Å². The van der Waals surface area contributed by atoms with Crippen molar-refractivity contribution < 1.29 is 14.0 Å². The Hall–Kier alpha value is -2.96. The molecule has 3 rings (SSSR count). The van der Waals surface area contributed by atoms with Gasteiger partial charge in [-0.3, -0.25) is 14.4 Å². The molecule has 1 aromatic carbocycles. The largest absolute Gasteiger partial charge is 0.349 e. The molecule has 7 heteroatoms. The maximum absolute atomic E-state index is 13.2. The van der Waals surface area contributed by atoms with E-state index in [9.17, 15) is 18.8 Å². The first-order valence-corrected chi connectivity index (χ1v) is 10.4. The fraction of sp³-hybridized carbons (Fsp3) is 0.435. The van der Waals surface area contributed by atoms with E-state index in [-0.39, 0.29) is 41.8 Å². The van der Waals surface area contributed by atoms with Crippen LogP contribution in [0.3, 0.4) is 0 Å². The van der Waals surface area contributed by atoms with E-state index < -0.39 is 5.56 Å². The predicted octanol–water partition coefficient (Wildman–Crippen LogP) is 3.27. The number of benzene rings is 1. The Bertz CT molecular complexity index is 949. The van der Waals surface area contributed by atoms with E-state index in [1.807, 2.05) is 6.92 Å². The maximum atomic E-state index is 13.2. The number of likely N-dealkylation sites (N-methyl/N-ethyl adjacent to an activating group) is 1. The van der Waals surface area contributed by atoms with Crippen LogP contribution < -0.4 is 10.9 Å². The number of carbonyl (C=O) groups is 2. The Balaban J connectivity index is 1.73. The first kappa shape index (κ1) is 21.7. The van der Waals surface area contributed by atoms with Crippen molar-refractivity contribution in [3.05, 3.63) is 69.9 Å². The molecule has 1 heterocycles. The summed E-state index contributed by atoms with van der Waals surface area (Å²) in [7, 11) is 1.67. The van der Waals surface area contributed by atoms with Crippen molar-refractivity contribution in [2.45, 2.75) is 57.7 Å². The minimum Gasteiger partial charge on any atom is -0.349 e. The van der Waals surface area contributed by atoms with Gasteiger partial charge < -0.3 is 14.8 Å². The molecule has 0 spiro atoms. The van der Waals surface area contributed by atoms with Crippen LogP contribution in [0.5, 0.6) is 0 Å². The van der Waals surface area contributed by atoms with Gasteiger partial charge in [0.05, 0.1) is 6.04 Å². The fourth-order valence-electron chi connectivity index (χ4n) is 4.02. The highest BCUT2D eigenvalue weighted by molar-refractivity contribution is 5.94. The van der Waals surface area contributed by atoms with Gasteiger partial charge in [0.15, 0.2) is 0 Å². The summed E-state index contributed by atoms with van der Waals surface area (Å²) in [6.45, 7) is 1.77. The lowest BCUT2D eigenvalue weighted by atomic mass is 10.0. The van der Waals surface area contributed by atoms with E-state index in [4.69, 9.17) is 0 Å². The van der Waals surface area contributed by atoms with E-state index in [0.717, 1.165) is 31.2 Å². The number of amides is 2. The molecule has 1 saturated carbocycles. The average Bonchev–Trinajstić information content (AvgIpc) is 3.24. The van der Waals surface area contributed by atoms with Crippen LogP contribution in [0.25, 0.3) is 0 Å². The van der Waals surface area contributed by atoms with Crippen LogP contribution in [0.2, 0.25) is 0 Å². The molecule has 1 N–H and O–H groups in total. The number of aromatic nitrogens is 1. The van der Waals surface area contributed by atoms with Crippen molar-refractivity contribution in [2.75, 3.05) is 7.05 Å². The Morgan fingerprint density at radius 1 is 1.20 bits per heavy atom. The summed E-state index contributed by atoms with van der Waals surface area (Å²) in [5.41, 5.74) is 0.391. The molecule has 0 bridgehead atoms. The average molecular weight is 413 g/mol. The zero-order valence-electron chi connectivity index (χ0n) is 17.4. The van der Waals surface area contributed by atoms with Gasteiger partial charge in [-0.2, -0.15) is 0 Å². The molecule has 0 saturated heterocycles. The summed E-state index contributed by atoms with van der Waals surface area (Å²) in [6, 6.07) is 9.03. The van der Waals surface area contributed by atoms with Crippen molar-refractivity contribution in [1.29, 1.82) is 0 Å². The molecule has 1 aromatic heterocycles. The van der Waals surface area contributed by atoms with E-state index >= 15 is 0 Å². The van der Waals surface area contributed by atoms with Gasteiger partial charge in [0.25, 0.3) is 11.5 Å². The zero-order valence-corrected chi connectivity index (χ0v) is 17.4. The standard InChI is InChI=1S/C23H28FN3O3/c1-3-20(16-10-12-17(24)13-11-16)26(2)21(28)15-27-14-6-9-19(23(27)30)22(29)25-18-7-4-5-8-18/h6,9-14,18,20H,3-5,7-8,15H2,1-2H3,(H,25,29). The minimum absolute atomic E-state index is 0.0467. The molecular weight excluding hydrogens is 385 g/mol. The normalized spacial score (nSPS) is 15.0. The van der Waals surface area contributed by atoms with Crippen molar-refractivity contribution in [3.63, 3.8) is 0 Å². The Morgan fingerprint density at radius 2 is 1.87 bits per heavy atom. The van der Waals surface area contributed by atoms with E-state index in [1.54, 1.807) is 30.1 Å². The molecule has 0 aliphatic heterocycles. The summed E-state index contributed by atoms with van der Waals surface area (Å²) < 4.78 is 14.5. The molecule has 2 aromatic rings. The highest BCUT2D eigenvalue weighted by Crippen LogP contribution is 2.23. The van der Waals surface area contributed by atoms with Crippen molar-refractivity contribution in [3.8, 4) is 0 Å². The van der Waals surface area contributed by atoms with E-state index in [2.05, 4.69) is 5.32 Å². The van der Waals surface area contributed by atoms with Crippen molar-refractivity contribution in [1.82, 2.24) is 14.8 Å². The Labute approximate surface area is 175 Å². The molecular formula is C23H28FN3O3. The summed E-state index contributed by atoms with van der Waals surface area (Å²) in [6.07, 6.45) is 6.18. The summed E-state index contributed by atoms with van der Waals surface area (Å²) >= 11 is 0. The third-order valence-corrected chi connectivity index (χ3v) is 5.76. The smallest absolute Gasteiger partial charge is 0.263 e. The van der Waals surface area contributed by atoms with Crippen molar-refractivity contribution >= 4 is 11.8 Å². The number of carbonyl (C=O) groups excluding carboxylic acids is 2. The van der Waals surface area contributed by atoms with Gasteiger partial charge in [-0.25, -0.2) is 4.39 Å². The molecule has 160 valence electrons. The summed E-state index contributed by atoms with van der Waals surface area (Å²) in [4.78, 5) is 39.7. The molecule has 1 atom stereocenters. The van der Waals surface area contributed by atoms with Gasteiger partial charge >= 0.3 is 0 Å². The lowest BCUT2D eigenvalue weighted by Gasteiger charge is -2.28. The number of hydrogen-bond acceptors (Lipinski definition) is 3. The molecule has 2 amide bonds. The number of nitrogens with zero attached hydrogens (tertiary/aromatic N) is 2. The van der Waals surface area contributed by atoms with Crippen molar-refractivity contribution in [2.24, 2.45) is 0 Å². The monoisotopic (exact) mass is 413 g/mol. The second kappa shape index (κ2) is 9.69. The molecule has 1 aliphatic carbocycles. The molecule has 0 radical (unpaired) electrons. The van der Waals surface area contributed by atoms with E-state index in [1.165, 1.54) is 29.0 Å². The van der Waals surface area contributed by atoms with Crippen LogP contribution in [0.1, 0.15) is 61.0 Å². The quantitative estimate of drug-likeness (QED) is 0.757. The maximum Gasteiger partial charge on any atom is 0.263 e. The van der Waals surface area contributed by atoms with Gasteiger partial charge in [-0.05, 0) is 49.1 Å². The van der Waals surface area contributed by atoms with Crippen LogP contribution in [0.15, 0.2) is 47.4 Å². The molecule has 6 nitrogen and oxygen atoms in total. The highest BCUT2D eigenvalue weighted by Gasteiger charge is 2.23. The topological polar surface area (TPSA) is 71.4 Å². The van der Waals surface area contributed by atoms with Crippen LogP contribution in [0.4, 0.5) is 4.39 Å². The number of hydrogen-bond donors (Lipinski definition) is 1. The number of nitrogens with one attached hydrogen (secondary N) is 1. The van der Waals surface area contributed by atoms with Crippen LogP contribution in [-0.2, 0) is 11.3 Å². The Kier molecular flexibility index (Phi) is 7.03. The van der Waals surface area contributed by atoms with Crippen LogP contribution >= 0.6 is 0 Å². The molecule has 1 aliphatic rings. The zero-order chi connectivity index (χ0) is 21.7. The fourth-order valence-corrected chi connectivity index (χ4v) is 4.02. The lowest BCUT2D eigenvalue weighted by molar-refractivity contribution is -0.132. The van der Waals surface area contributed by atoms with Gasteiger partial charge in [0, 0.05) is 19.3 Å². The van der Waals surface area contributed by atoms with Gasteiger partial charge in [0.1, 0.15) is 17.9 Å². The number of pyridine rings is 1. The first-order chi connectivity index (χ1) is 14.4. The predicted molar refractivity (Wildman–Crippen MR) is 113 cm³/mol. The summed E-state index contributed by atoms with van der Waals surface area (Å²) in [5, 5.41) is 2.91.